The Balaban J connectivity index is 1.69. The van der Waals surface area contributed by atoms with Crippen molar-refractivity contribution in [1.82, 2.24) is 9.97 Å². The minimum atomic E-state index is -0.341. The molecule has 3 rings (SSSR count). The molecule has 1 aromatic carbocycles. The van der Waals surface area contributed by atoms with E-state index in [1.54, 1.807) is 7.11 Å². The Morgan fingerprint density at radius 3 is 2.73 bits per heavy atom. The van der Waals surface area contributed by atoms with Gasteiger partial charge in [0.1, 0.15) is 5.15 Å². The zero-order valence-corrected chi connectivity index (χ0v) is 16.2. The summed E-state index contributed by atoms with van der Waals surface area (Å²) in [7, 11) is 1.69. The van der Waals surface area contributed by atoms with Gasteiger partial charge in [0.15, 0.2) is 5.13 Å². The number of carbonyl (C=O) groups is 1. The highest BCUT2D eigenvalue weighted by atomic mass is 35.5. The second kappa shape index (κ2) is 8.60. The Morgan fingerprint density at radius 2 is 2.04 bits per heavy atom. The maximum absolute atomic E-state index is 12.3. The second-order valence-electron chi connectivity index (χ2n) is 5.43. The number of carbonyl (C=O) groups excluding carboxylic acids is 1. The summed E-state index contributed by atoms with van der Waals surface area (Å²) in [6, 6.07) is 9.59. The van der Waals surface area contributed by atoms with Crippen molar-refractivity contribution in [2.45, 2.75) is 6.42 Å². The molecule has 3 aromatic rings. The predicted molar refractivity (Wildman–Crippen MR) is 105 cm³/mol. The molecule has 26 heavy (non-hydrogen) atoms. The molecule has 134 valence electrons. The monoisotopic (exact) mass is 407 g/mol. The number of amides is 1. The Hall–Kier alpha value is -1.99. The van der Waals surface area contributed by atoms with Crippen LogP contribution in [0.1, 0.15) is 15.9 Å². The molecule has 0 atom stereocenters. The molecule has 0 unspecified atom stereocenters. The van der Waals surface area contributed by atoms with Crippen LogP contribution in [-0.4, -0.2) is 29.6 Å². The van der Waals surface area contributed by atoms with Crippen LogP contribution in [0.25, 0.3) is 11.3 Å². The molecule has 1 amide bonds. The lowest BCUT2D eigenvalue weighted by Gasteiger charge is -2.03. The third kappa shape index (κ3) is 4.59. The number of nitrogens with one attached hydrogen (secondary N) is 1. The quantitative estimate of drug-likeness (QED) is 0.586. The molecule has 0 bridgehead atoms. The number of hydrogen-bond donors (Lipinski definition) is 1. The van der Waals surface area contributed by atoms with Crippen molar-refractivity contribution in [3.05, 3.63) is 63.2 Å². The third-order valence-electron chi connectivity index (χ3n) is 3.63. The summed E-state index contributed by atoms with van der Waals surface area (Å²) in [6.45, 7) is 0.690. The van der Waals surface area contributed by atoms with E-state index in [-0.39, 0.29) is 16.1 Å². The maximum atomic E-state index is 12.3. The van der Waals surface area contributed by atoms with Gasteiger partial charge in [-0.2, -0.15) is 0 Å². The van der Waals surface area contributed by atoms with Crippen LogP contribution in [0.4, 0.5) is 5.13 Å². The summed E-state index contributed by atoms with van der Waals surface area (Å²) in [5, 5.41) is 5.53. The van der Waals surface area contributed by atoms with Crippen LogP contribution in [0.15, 0.2) is 41.9 Å². The minimum Gasteiger partial charge on any atom is -0.384 e. The molecule has 0 aliphatic heterocycles. The Bertz CT molecular complexity index is 913. The van der Waals surface area contributed by atoms with Gasteiger partial charge in [0.25, 0.3) is 5.91 Å². The van der Waals surface area contributed by atoms with E-state index in [1.165, 1.54) is 29.2 Å². The molecule has 1 N–H and O–H groups in total. The van der Waals surface area contributed by atoms with E-state index in [0.29, 0.717) is 17.3 Å². The Kier molecular flexibility index (Phi) is 6.21. The summed E-state index contributed by atoms with van der Waals surface area (Å²) in [6.07, 6.45) is 2.24. The van der Waals surface area contributed by atoms with Crippen LogP contribution in [0, 0.1) is 0 Å². The summed E-state index contributed by atoms with van der Waals surface area (Å²) in [4.78, 5) is 20.6. The molecule has 0 saturated carbocycles. The molecule has 0 saturated heterocycles. The smallest absolute Gasteiger partial charge is 0.259 e. The molecular weight excluding hydrogens is 393 g/mol. The predicted octanol–water partition coefficient (Wildman–Crippen LogP) is 4.95. The highest BCUT2D eigenvalue weighted by Gasteiger charge is 2.12. The van der Waals surface area contributed by atoms with E-state index in [4.69, 9.17) is 27.9 Å². The maximum Gasteiger partial charge on any atom is 0.259 e. The molecular formula is C18H15Cl2N3O2S. The molecule has 0 fully saturated rings. The fraction of sp³-hybridized carbons (Fsp3) is 0.167. The Labute approximate surface area is 165 Å². The van der Waals surface area contributed by atoms with E-state index in [2.05, 4.69) is 15.3 Å². The largest absolute Gasteiger partial charge is 0.384 e. The average molecular weight is 408 g/mol. The number of anilines is 1. The van der Waals surface area contributed by atoms with Gasteiger partial charge in [0.05, 0.1) is 22.9 Å². The van der Waals surface area contributed by atoms with Gasteiger partial charge < -0.3 is 4.74 Å². The van der Waals surface area contributed by atoms with Crippen molar-refractivity contribution < 1.29 is 9.53 Å². The molecule has 2 aromatic heterocycles. The molecule has 0 aliphatic rings. The van der Waals surface area contributed by atoms with Gasteiger partial charge in [0.2, 0.25) is 0 Å². The lowest BCUT2D eigenvalue weighted by atomic mass is 10.1. The first-order valence-electron chi connectivity index (χ1n) is 7.73. The zero-order valence-electron chi connectivity index (χ0n) is 13.8. The van der Waals surface area contributed by atoms with Crippen molar-refractivity contribution >= 4 is 45.6 Å². The third-order valence-corrected chi connectivity index (χ3v) is 5.07. The van der Waals surface area contributed by atoms with Gasteiger partial charge in [-0.3, -0.25) is 10.1 Å². The van der Waals surface area contributed by atoms with Gasteiger partial charge in [-0.15, -0.1) is 11.3 Å². The summed E-state index contributed by atoms with van der Waals surface area (Å²) >= 11 is 13.0. The van der Waals surface area contributed by atoms with E-state index in [9.17, 15) is 4.79 Å². The first-order valence-corrected chi connectivity index (χ1v) is 9.36. The average Bonchev–Trinajstić information content (AvgIpc) is 3.11. The van der Waals surface area contributed by atoms with Crippen LogP contribution < -0.4 is 5.32 Å². The number of hydrogen-bond acceptors (Lipinski definition) is 5. The number of halogens is 2. The molecule has 0 aliphatic carbocycles. The number of rotatable bonds is 6. The first-order chi connectivity index (χ1) is 12.6. The molecule has 2 heterocycles. The van der Waals surface area contributed by atoms with Crippen molar-refractivity contribution in [3.63, 3.8) is 0 Å². The highest BCUT2D eigenvalue weighted by molar-refractivity contribution is 7.14. The zero-order chi connectivity index (χ0) is 18.5. The van der Waals surface area contributed by atoms with E-state index < -0.39 is 0 Å². The standard InChI is InChI=1S/C18H15Cl2N3O2S/c1-25-7-6-11-2-4-12(5-3-11)15-10-26-18(22-15)23-17(24)13-8-14(19)16(20)21-9-13/h2-5,8-10H,6-7H2,1H3,(H,22,23,24). The Morgan fingerprint density at radius 1 is 1.27 bits per heavy atom. The van der Waals surface area contributed by atoms with Crippen LogP contribution in [0.3, 0.4) is 0 Å². The molecule has 5 nitrogen and oxygen atoms in total. The van der Waals surface area contributed by atoms with Gasteiger partial charge >= 0.3 is 0 Å². The SMILES string of the molecule is COCCc1ccc(-c2csc(NC(=O)c3cnc(Cl)c(Cl)c3)n2)cc1. The lowest BCUT2D eigenvalue weighted by molar-refractivity contribution is 0.102. The van der Waals surface area contributed by atoms with Crippen LogP contribution in [-0.2, 0) is 11.2 Å². The number of thiazole rings is 1. The van der Waals surface area contributed by atoms with E-state index >= 15 is 0 Å². The van der Waals surface area contributed by atoms with E-state index in [1.807, 2.05) is 29.6 Å². The number of methoxy groups -OCH3 is 1. The van der Waals surface area contributed by atoms with Gasteiger partial charge in [-0.25, -0.2) is 9.97 Å². The first kappa shape index (κ1) is 18.8. The summed E-state index contributed by atoms with van der Waals surface area (Å²) in [5.74, 6) is -0.341. The van der Waals surface area contributed by atoms with Gasteiger partial charge in [-0.05, 0) is 18.1 Å². The van der Waals surface area contributed by atoms with Gasteiger partial charge in [-0.1, -0.05) is 47.5 Å². The van der Waals surface area contributed by atoms with Gasteiger partial charge in [0, 0.05) is 24.3 Å². The molecule has 0 radical (unpaired) electrons. The summed E-state index contributed by atoms with van der Waals surface area (Å²) in [5.41, 5.74) is 3.31. The number of aromatic nitrogens is 2. The van der Waals surface area contributed by atoms with Crippen molar-refractivity contribution in [2.24, 2.45) is 0 Å². The number of ether oxygens (including phenoxy) is 1. The highest BCUT2D eigenvalue weighted by Crippen LogP contribution is 2.26. The number of nitrogens with zero attached hydrogens (tertiary/aromatic N) is 2. The van der Waals surface area contributed by atoms with Crippen molar-refractivity contribution in [1.29, 1.82) is 0 Å². The minimum absolute atomic E-state index is 0.161. The van der Waals surface area contributed by atoms with Crippen molar-refractivity contribution in [2.75, 3.05) is 19.0 Å². The fourth-order valence-electron chi connectivity index (χ4n) is 2.24. The second-order valence-corrected chi connectivity index (χ2v) is 7.05. The van der Waals surface area contributed by atoms with E-state index in [0.717, 1.165) is 17.7 Å². The number of pyridine rings is 1. The van der Waals surface area contributed by atoms with Crippen LogP contribution in [0.5, 0.6) is 0 Å². The van der Waals surface area contributed by atoms with Crippen LogP contribution in [0.2, 0.25) is 10.2 Å². The number of benzene rings is 1. The molecule has 8 heteroatoms. The van der Waals surface area contributed by atoms with Crippen LogP contribution >= 0.6 is 34.5 Å². The lowest BCUT2D eigenvalue weighted by Crippen LogP contribution is -2.12. The van der Waals surface area contributed by atoms with Crippen molar-refractivity contribution in [3.8, 4) is 11.3 Å². The fourth-order valence-corrected chi connectivity index (χ4v) is 3.22. The molecule has 0 spiro atoms. The summed E-state index contributed by atoms with van der Waals surface area (Å²) < 4.78 is 5.08. The normalized spacial score (nSPS) is 10.7. The topological polar surface area (TPSA) is 64.1 Å².